The molecule has 298 valence electrons. The second kappa shape index (κ2) is 16.0. The number of hydrogen-bond acceptors (Lipinski definition) is 9. The molecule has 11 nitrogen and oxygen atoms in total. The first-order chi connectivity index (χ1) is 27.5. The summed E-state index contributed by atoms with van der Waals surface area (Å²) in [5.41, 5.74) is 2.87. The Hall–Kier alpha value is -5.17. The van der Waals surface area contributed by atoms with Crippen molar-refractivity contribution in [2.45, 2.75) is 63.7 Å². The summed E-state index contributed by atoms with van der Waals surface area (Å²) >= 11 is 0. The average molecular weight is 787 g/mol. The second-order valence-electron chi connectivity index (χ2n) is 16.8. The molecule has 57 heavy (non-hydrogen) atoms. The van der Waals surface area contributed by atoms with Crippen LogP contribution in [0.15, 0.2) is 97.1 Å². The van der Waals surface area contributed by atoms with Crippen molar-refractivity contribution in [2.24, 2.45) is 0 Å². The van der Waals surface area contributed by atoms with Crippen molar-refractivity contribution in [3.8, 4) is 11.8 Å². The summed E-state index contributed by atoms with van der Waals surface area (Å²) in [4.78, 5) is 31.2. The number of benzene rings is 4. The Labute approximate surface area is 336 Å². The smallest absolute Gasteiger partial charge is 0.407 e. The van der Waals surface area contributed by atoms with Crippen LogP contribution in [0.2, 0.25) is 5.04 Å². The van der Waals surface area contributed by atoms with Gasteiger partial charge in [-0.05, 0) is 59.7 Å². The van der Waals surface area contributed by atoms with E-state index in [1.165, 1.54) is 15.3 Å². The van der Waals surface area contributed by atoms with Crippen LogP contribution in [0.25, 0.3) is 10.8 Å². The van der Waals surface area contributed by atoms with E-state index in [1.807, 2.05) is 36.4 Å². The lowest BCUT2D eigenvalue weighted by Gasteiger charge is -2.47. The Morgan fingerprint density at radius 1 is 0.860 bits per heavy atom. The fourth-order valence-electron chi connectivity index (χ4n) is 9.23. The molecule has 8 rings (SSSR count). The van der Waals surface area contributed by atoms with Gasteiger partial charge in [-0.25, -0.2) is 4.79 Å². The highest BCUT2D eigenvalue weighted by Crippen LogP contribution is 2.39. The maximum Gasteiger partial charge on any atom is 0.407 e. The van der Waals surface area contributed by atoms with Gasteiger partial charge in [-0.2, -0.15) is 9.97 Å². The number of likely N-dealkylation sites (N-methyl/N-ethyl adjacent to an activating group) is 1. The summed E-state index contributed by atoms with van der Waals surface area (Å²) in [6.07, 6.45) is 1.93. The number of ether oxygens (including phenoxy) is 1. The minimum atomic E-state index is -2.94. The fraction of sp³-hybridized carbons (Fsp3) is 0.400. The number of hydrogen-bond donors (Lipinski definition) is 2. The molecule has 4 aromatic carbocycles. The number of carbonyl (C=O) groups is 1. The van der Waals surface area contributed by atoms with Crippen LogP contribution in [0.1, 0.15) is 44.9 Å². The van der Waals surface area contributed by atoms with Crippen molar-refractivity contribution in [3.05, 3.63) is 108 Å². The van der Waals surface area contributed by atoms with Crippen LogP contribution in [-0.2, 0) is 17.4 Å². The van der Waals surface area contributed by atoms with Gasteiger partial charge in [-0.15, -0.1) is 0 Å². The van der Waals surface area contributed by atoms with Gasteiger partial charge in [0.15, 0.2) is 0 Å². The van der Waals surface area contributed by atoms with Gasteiger partial charge >= 0.3 is 12.1 Å². The number of nitrogens with zero attached hydrogens (tertiary/aromatic N) is 6. The zero-order valence-corrected chi connectivity index (χ0v) is 34.5. The van der Waals surface area contributed by atoms with E-state index < -0.39 is 14.4 Å². The highest BCUT2D eigenvalue weighted by atomic mass is 28.4. The Morgan fingerprint density at radius 2 is 1.56 bits per heavy atom. The third-order valence-electron chi connectivity index (χ3n) is 12.2. The largest absolute Gasteiger partial charge is 0.508 e. The fourth-order valence-corrected chi connectivity index (χ4v) is 13.8. The zero-order valence-electron chi connectivity index (χ0n) is 33.5. The molecule has 4 heterocycles. The Bertz CT molecular complexity index is 2160. The molecule has 0 spiro atoms. The number of aromatic nitrogens is 2. The molecule has 0 bridgehead atoms. The van der Waals surface area contributed by atoms with E-state index in [-0.39, 0.29) is 29.4 Å². The first-order valence-electron chi connectivity index (χ1n) is 20.2. The first kappa shape index (κ1) is 38.7. The number of phenolic OH excluding ortho intramolecular Hbond substituents is 1. The SMILES string of the molecule is CN1CCC[C@H]1COc1nc2c(c(N3CCN(C(=O)O)CC3CO[Si](c3ccccc3)(c3ccccc3)C(C)(C)C)n1)CCN(c1cc(O)cc3ccccc13)C2. The topological polar surface area (TPSA) is 115 Å². The summed E-state index contributed by atoms with van der Waals surface area (Å²) < 4.78 is 14.0. The maximum absolute atomic E-state index is 12.6. The standard InChI is InChI=1S/C45H54N6O5Si/c1-45(2,3)57(36-16-7-5-8-17-36,37-18-9-6-10-19-37)56-31-34-28-50(44(53)54)24-25-51(34)42-39-21-23-49(41-27-35(52)26-32-14-11-12-20-38(32)41)29-40(39)46-43(47-42)55-30-33-15-13-22-48(33)4/h5-12,14,16-20,26-27,33-34,52H,13,15,21-25,28-31H2,1-4H3,(H,53,54)/t33-,34?/m0/s1. The van der Waals surface area contributed by atoms with E-state index in [0.29, 0.717) is 51.8 Å². The zero-order chi connectivity index (χ0) is 39.7. The van der Waals surface area contributed by atoms with E-state index >= 15 is 0 Å². The molecule has 2 saturated heterocycles. The molecule has 0 radical (unpaired) electrons. The summed E-state index contributed by atoms with van der Waals surface area (Å²) in [5.74, 6) is 1.01. The minimum Gasteiger partial charge on any atom is -0.508 e. The van der Waals surface area contributed by atoms with Crippen molar-refractivity contribution in [2.75, 3.05) is 62.8 Å². The number of phenols is 1. The Balaban J connectivity index is 1.19. The molecule has 3 aliphatic heterocycles. The van der Waals surface area contributed by atoms with E-state index in [0.717, 1.165) is 52.9 Å². The monoisotopic (exact) mass is 786 g/mol. The molecule has 2 N–H and O–H groups in total. The van der Waals surface area contributed by atoms with Crippen molar-refractivity contribution in [1.82, 2.24) is 19.8 Å². The quantitative estimate of drug-likeness (QED) is 0.161. The van der Waals surface area contributed by atoms with Crippen LogP contribution in [0.4, 0.5) is 16.3 Å². The van der Waals surface area contributed by atoms with E-state index in [1.54, 1.807) is 6.07 Å². The molecular weight excluding hydrogens is 733 g/mol. The van der Waals surface area contributed by atoms with Crippen LogP contribution in [0, 0.1) is 0 Å². The summed E-state index contributed by atoms with van der Waals surface area (Å²) in [6, 6.07) is 33.2. The van der Waals surface area contributed by atoms with Gasteiger partial charge in [0.2, 0.25) is 0 Å². The Kier molecular flexibility index (Phi) is 10.9. The van der Waals surface area contributed by atoms with E-state index in [2.05, 4.69) is 97.1 Å². The third-order valence-corrected chi connectivity index (χ3v) is 17.2. The number of anilines is 2. The normalized spacial score (nSPS) is 19.2. The van der Waals surface area contributed by atoms with Gasteiger partial charge < -0.3 is 39.0 Å². The molecular formula is C45H54N6O5Si. The molecule has 0 saturated carbocycles. The maximum atomic E-state index is 12.6. The number of amides is 1. The van der Waals surface area contributed by atoms with E-state index in [9.17, 15) is 15.0 Å². The van der Waals surface area contributed by atoms with Crippen LogP contribution in [-0.4, -0.2) is 109 Å². The van der Waals surface area contributed by atoms with Gasteiger partial charge in [0.25, 0.3) is 8.32 Å². The predicted molar refractivity (Wildman–Crippen MR) is 228 cm³/mol. The number of carboxylic acid groups (broad SMARTS) is 1. The van der Waals surface area contributed by atoms with Crippen molar-refractivity contribution in [1.29, 1.82) is 0 Å². The van der Waals surface area contributed by atoms with Gasteiger partial charge in [0.05, 0.1) is 24.9 Å². The molecule has 3 aliphatic rings. The predicted octanol–water partition coefficient (Wildman–Crippen LogP) is 6.12. The number of fused-ring (bicyclic) bond motifs is 2. The van der Waals surface area contributed by atoms with Gasteiger partial charge in [0, 0.05) is 54.9 Å². The number of rotatable bonds is 10. The summed E-state index contributed by atoms with van der Waals surface area (Å²) in [6.45, 7) is 10.9. The molecule has 0 aliphatic carbocycles. The molecule has 1 aromatic heterocycles. The number of piperazine rings is 1. The van der Waals surface area contributed by atoms with Crippen LogP contribution in [0.5, 0.6) is 11.8 Å². The lowest BCUT2D eigenvalue weighted by molar-refractivity contribution is 0.125. The minimum absolute atomic E-state index is 0.225. The highest BCUT2D eigenvalue weighted by molar-refractivity contribution is 6.99. The third kappa shape index (κ3) is 7.65. The van der Waals surface area contributed by atoms with Gasteiger partial charge in [-0.3, -0.25) is 0 Å². The summed E-state index contributed by atoms with van der Waals surface area (Å²) in [7, 11) is -0.808. The van der Waals surface area contributed by atoms with E-state index in [4.69, 9.17) is 19.1 Å². The van der Waals surface area contributed by atoms with Crippen LogP contribution >= 0.6 is 0 Å². The summed E-state index contributed by atoms with van der Waals surface area (Å²) in [5, 5.41) is 25.2. The molecule has 1 unspecified atom stereocenters. The average Bonchev–Trinajstić information content (AvgIpc) is 3.63. The van der Waals surface area contributed by atoms with Crippen LogP contribution < -0.4 is 24.9 Å². The van der Waals surface area contributed by atoms with Crippen molar-refractivity contribution in [3.63, 3.8) is 0 Å². The van der Waals surface area contributed by atoms with Crippen LogP contribution in [0.3, 0.4) is 0 Å². The molecule has 5 aromatic rings. The Morgan fingerprint density at radius 3 is 2.23 bits per heavy atom. The first-order valence-corrected chi connectivity index (χ1v) is 22.1. The molecule has 2 atom stereocenters. The lowest BCUT2D eigenvalue weighted by Crippen LogP contribution is -2.68. The van der Waals surface area contributed by atoms with Gasteiger partial charge in [-0.1, -0.05) is 106 Å². The molecule has 2 fully saturated rings. The molecule has 12 heteroatoms. The number of likely N-dealkylation sites (tertiary alicyclic amines) is 1. The lowest BCUT2D eigenvalue weighted by atomic mass is 10.0. The molecule has 1 amide bonds. The second-order valence-corrected chi connectivity index (χ2v) is 21.1. The van der Waals surface area contributed by atoms with Crippen molar-refractivity contribution < 1.29 is 24.2 Å². The highest BCUT2D eigenvalue weighted by Gasteiger charge is 2.51. The van der Waals surface area contributed by atoms with Gasteiger partial charge in [0.1, 0.15) is 18.2 Å². The van der Waals surface area contributed by atoms with Crippen molar-refractivity contribution >= 4 is 47.1 Å². The number of aromatic hydroxyl groups is 1.